The van der Waals surface area contributed by atoms with Gasteiger partial charge >= 0.3 is 5.97 Å². The molecular formula is C18H18ClNO3S. The van der Waals surface area contributed by atoms with E-state index < -0.39 is 5.97 Å². The molecule has 24 heavy (non-hydrogen) atoms. The maximum atomic E-state index is 12.6. The van der Waals surface area contributed by atoms with E-state index in [1.165, 1.54) is 23.1 Å². The first-order chi connectivity index (χ1) is 11.5. The minimum absolute atomic E-state index is 0.156. The third-order valence-corrected chi connectivity index (χ3v) is 5.37. The second-order valence-corrected chi connectivity index (χ2v) is 7.34. The normalized spacial score (nSPS) is 13.2. The largest absolute Gasteiger partial charge is 0.457 e. The molecule has 1 aromatic carbocycles. The van der Waals surface area contributed by atoms with E-state index in [1.807, 2.05) is 12.1 Å². The number of anilines is 1. The molecule has 1 aliphatic rings. The van der Waals surface area contributed by atoms with Gasteiger partial charge in [-0.25, -0.2) is 4.79 Å². The Hall–Kier alpha value is -1.85. The van der Waals surface area contributed by atoms with Crippen LogP contribution in [-0.2, 0) is 29.0 Å². The van der Waals surface area contributed by atoms with E-state index in [0.29, 0.717) is 15.6 Å². The quantitative estimate of drug-likeness (QED) is 0.808. The molecule has 1 N–H and O–H groups in total. The fourth-order valence-electron chi connectivity index (χ4n) is 2.88. The molecule has 2 aromatic rings. The number of benzene rings is 1. The van der Waals surface area contributed by atoms with Crippen LogP contribution in [0.3, 0.4) is 0 Å². The fourth-order valence-corrected chi connectivity index (χ4v) is 4.41. The Morgan fingerprint density at radius 1 is 1.29 bits per heavy atom. The summed E-state index contributed by atoms with van der Waals surface area (Å²) in [4.78, 5) is 25.3. The summed E-state index contributed by atoms with van der Waals surface area (Å²) < 4.78 is 5.47. The highest BCUT2D eigenvalue weighted by molar-refractivity contribution is 7.17. The lowest BCUT2D eigenvalue weighted by Gasteiger charge is -2.13. The summed E-state index contributed by atoms with van der Waals surface area (Å²) in [5, 5.41) is 3.99. The van der Waals surface area contributed by atoms with Crippen molar-refractivity contribution in [3.63, 3.8) is 0 Å². The molecule has 0 bridgehead atoms. The molecule has 0 saturated heterocycles. The zero-order valence-corrected chi connectivity index (χ0v) is 14.9. The van der Waals surface area contributed by atoms with Gasteiger partial charge in [-0.3, -0.25) is 4.79 Å². The third kappa shape index (κ3) is 3.79. The summed E-state index contributed by atoms with van der Waals surface area (Å²) in [5.74, 6) is -0.574. The first-order valence-electron chi connectivity index (χ1n) is 7.88. The standard InChI is InChI=1S/C18H18ClNO3S/c1-11(21)20-17-16(14-7-2-3-8-15(14)24-17)18(22)23-10-12-5-4-6-13(19)9-12/h4-6,9H,2-3,7-8,10H2,1H3,(H,20,21). The molecule has 0 atom stereocenters. The number of thiophene rings is 1. The number of ether oxygens (including phenoxy) is 1. The molecule has 0 aliphatic heterocycles. The van der Waals surface area contributed by atoms with Crippen LogP contribution >= 0.6 is 22.9 Å². The van der Waals surface area contributed by atoms with Crippen LogP contribution in [0, 0.1) is 0 Å². The highest BCUT2D eigenvalue weighted by Crippen LogP contribution is 2.38. The van der Waals surface area contributed by atoms with Crippen LogP contribution in [0.1, 0.15) is 46.1 Å². The number of hydrogen-bond donors (Lipinski definition) is 1. The molecule has 1 aromatic heterocycles. The van der Waals surface area contributed by atoms with Crippen molar-refractivity contribution in [3.8, 4) is 0 Å². The highest BCUT2D eigenvalue weighted by Gasteiger charge is 2.27. The van der Waals surface area contributed by atoms with Gasteiger partial charge < -0.3 is 10.1 Å². The number of halogens is 1. The average Bonchev–Trinajstić information content (AvgIpc) is 2.89. The maximum Gasteiger partial charge on any atom is 0.341 e. The number of rotatable bonds is 4. The Kier molecular flexibility index (Phi) is 5.21. The Bertz CT molecular complexity index is 785. The lowest BCUT2D eigenvalue weighted by atomic mass is 9.95. The number of esters is 1. The summed E-state index contributed by atoms with van der Waals surface area (Å²) >= 11 is 7.44. The van der Waals surface area contributed by atoms with E-state index in [4.69, 9.17) is 16.3 Å². The second-order valence-electron chi connectivity index (χ2n) is 5.80. The van der Waals surface area contributed by atoms with E-state index >= 15 is 0 Å². The van der Waals surface area contributed by atoms with Crippen molar-refractivity contribution in [1.82, 2.24) is 0 Å². The van der Waals surface area contributed by atoms with Crippen molar-refractivity contribution in [3.05, 3.63) is 50.9 Å². The van der Waals surface area contributed by atoms with Crippen molar-refractivity contribution in [2.75, 3.05) is 5.32 Å². The van der Waals surface area contributed by atoms with Crippen LogP contribution in [0.25, 0.3) is 0 Å². The molecule has 6 heteroatoms. The Labute approximate surface area is 149 Å². The molecule has 0 spiro atoms. The molecule has 0 fully saturated rings. The molecule has 1 heterocycles. The van der Waals surface area contributed by atoms with Gasteiger partial charge in [-0.1, -0.05) is 23.7 Å². The minimum Gasteiger partial charge on any atom is -0.457 e. The number of carbonyl (C=O) groups is 2. The van der Waals surface area contributed by atoms with Gasteiger partial charge in [0.25, 0.3) is 0 Å². The average molecular weight is 364 g/mol. The van der Waals surface area contributed by atoms with Crippen LogP contribution in [0.2, 0.25) is 5.02 Å². The van der Waals surface area contributed by atoms with Gasteiger partial charge in [-0.15, -0.1) is 11.3 Å². The first kappa shape index (κ1) is 17.0. The van der Waals surface area contributed by atoms with Crippen molar-refractivity contribution in [2.45, 2.75) is 39.2 Å². The summed E-state index contributed by atoms with van der Waals surface area (Å²) in [6.07, 6.45) is 3.98. The van der Waals surface area contributed by atoms with Gasteiger partial charge in [0.15, 0.2) is 0 Å². The van der Waals surface area contributed by atoms with Gasteiger partial charge in [0.2, 0.25) is 5.91 Å². The molecule has 0 radical (unpaired) electrons. The second kappa shape index (κ2) is 7.36. The van der Waals surface area contributed by atoms with E-state index in [1.54, 1.807) is 12.1 Å². The highest BCUT2D eigenvalue weighted by atomic mass is 35.5. The van der Waals surface area contributed by atoms with E-state index in [0.717, 1.165) is 36.8 Å². The Morgan fingerprint density at radius 2 is 2.08 bits per heavy atom. The number of carbonyl (C=O) groups excluding carboxylic acids is 2. The number of hydrogen-bond acceptors (Lipinski definition) is 4. The molecule has 0 saturated carbocycles. The fraction of sp³-hybridized carbons (Fsp3) is 0.333. The van der Waals surface area contributed by atoms with Crippen molar-refractivity contribution >= 4 is 39.8 Å². The Balaban J connectivity index is 1.82. The zero-order chi connectivity index (χ0) is 17.1. The molecule has 126 valence electrons. The molecular weight excluding hydrogens is 346 g/mol. The van der Waals surface area contributed by atoms with Crippen molar-refractivity contribution in [2.24, 2.45) is 0 Å². The van der Waals surface area contributed by atoms with E-state index in [-0.39, 0.29) is 12.5 Å². The van der Waals surface area contributed by atoms with Gasteiger partial charge in [-0.2, -0.15) is 0 Å². The predicted molar refractivity (Wildman–Crippen MR) is 95.8 cm³/mol. The van der Waals surface area contributed by atoms with Crippen molar-refractivity contribution in [1.29, 1.82) is 0 Å². The lowest BCUT2D eigenvalue weighted by molar-refractivity contribution is -0.114. The molecule has 3 rings (SSSR count). The van der Waals surface area contributed by atoms with E-state index in [2.05, 4.69) is 5.32 Å². The predicted octanol–water partition coefficient (Wildman–Crippen LogP) is 4.60. The molecule has 1 aliphatic carbocycles. The maximum absolute atomic E-state index is 12.6. The monoisotopic (exact) mass is 363 g/mol. The topological polar surface area (TPSA) is 55.4 Å². The van der Waals surface area contributed by atoms with Gasteiger partial charge in [0, 0.05) is 16.8 Å². The number of amides is 1. The summed E-state index contributed by atoms with van der Waals surface area (Å²) in [6.45, 7) is 1.60. The molecule has 1 amide bonds. The summed E-state index contributed by atoms with van der Waals surface area (Å²) in [7, 11) is 0. The van der Waals surface area contributed by atoms with Crippen LogP contribution in [-0.4, -0.2) is 11.9 Å². The lowest BCUT2D eigenvalue weighted by Crippen LogP contribution is -2.13. The number of aryl methyl sites for hydroxylation is 1. The first-order valence-corrected chi connectivity index (χ1v) is 9.07. The number of fused-ring (bicyclic) bond motifs is 1. The summed E-state index contributed by atoms with van der Waals surface area (Å²) in [5.41, 5.74) is 2.39. The van der Waals surface area contributed by atoms with Crippen LogP contribution in [0.5, 0.6) is 0 Å². The van der Waals surface area contributed by atoms with E-state index in [9.17, 15) is 9.59 Å². The Morgan fingerprint density at radius 3 is 2.83 bits per heavy atom. The molecule has 0 unspecified atom stereocenters. The number of nitrogens with one attached hydrogen (secondary N) is 1. The zero-order valence-electron chi connectivity index (χ0n) is 13.4. The van der Waals surface area contributed by atoms with Gasteiger partial charge in [-0.05, 0) is 48.9 Å². The van der Waals surface area contributed by atoms with Crippen molar-refractivity contribution < 1.29 is 14.3 Å². The van der Waals surface area contributed by atoms with Crippen LogP contribution in [0.4, 0.5) is 5.00 Å². The third-order valence-electron chi connectivity index (χ3n) is 3.92. The smallest absolute Gasteiger partial charge is 0.341 e. The SMILES string of the molecule is CC(=O)Nc1sc2c(c1C(=O)OCc1cccc(Cl)c1)CCCC2. The van der Waals surface area contributed by atoms with Gasteiger partial charge in [0.1, 0.15) is 11.6 Å². The van der Waals surface area contributed by atoms with Crippen LogP contribution < -0.4 is 5.32 Å². The minimum atomic E-state index is -0.391. The van der Waals surface area contributed by atoms with Crippen LogP contribution in [0.15, 0.2) is 24.3 Å². The summed E-state index contributed by atoms with van der Waals surface area (Å²) in [6, 6.07) is 7.22. The van der Waals surface area contributed by atoms with Gasteiger partial charge in [0.05, 0.1) is 5.56 Å². The molecule has 4 nitrogen and oxygen atoms in total.